The molecule has 3 rings (SSSR count). The summed E-state index contributed by atoms with van der Waals surface area (Å²) in [4.78, 5) is 19.5. The van der Waals surface area contributed by atoms with Crippen molar-refractivity contribution in [2.24, 2.45) is 0 Å². The van der Waals surface area contributed by atoms with Gasteiger partial charge in [0.05, 0.1) is 5.69 Å². The highest BCUT2D eigenvalue weighted by Crippen LogP contribution is 2.23. The van der Waals surface area contributed by atoms with Crippen molar-refractivity contribution in [2.45, 2.75) is 53.0 Å². The molecule has 6 heteroatoms. The monoisotopic (exact) mass is 382 g/mol. The van der Waals surface area contributed by atoms with E-state index < -0.39 is 0 Å². The molecule has 2 heterocycles. The molecule has 5 nitrogen and oxygen atoms in total. The standard InChI is InChI=1S/C22H27FN4O/c1-5-10-15(4)26(7-3)22(28)20-13-16(6-2)27-21(24-20)14-19(25-27)17-11-8-9-12-18(17)23/h8-9,11-15H,5-7,10H2,1-4H3. The molecule has 0 aliphatic rings. The molecule has 148 valence electrons. The fourth-order valence-electron chi connectivity index (χ4n) is 3.58. The second-order valence-electron chi connectivity index (χ2n) is 6.99. The number of nitrogens with zero attached hydrogens (tertiary/aromatic N) is 4. The van der Waals surface area contributed by atoms with Crippen molar-refractivity contribution in [1.29, 1.82) is 0 Å². The third kappa shape index (κ3) is 3.77. The van der Waals surface area contributed by atoms with Crippen LogP contribution in [0.2, 0.25) is 0 Å². The molecule has 0 aliphatic heterocycles. The highest BCUT2D eigenvalue weighted by atomic mass is 19.1. The Hall–Kier alpha value is -2.76. The van der Waals surface area contributed by atoms with Crippen molar-refractivity contribution >= 4 is 11.6 Å². The molecule has 1 aromatic carbocycles. The Kier molecular flexibility index (Phi) is 6.07. The number of hydrogen-bond donors (Lipinski definition) is 0. The van der Waals surface area contributed by atoms with Crippen molar-refractivity contribution in [2.75, 3.05) is 6.54 Å². The zero-order valence-electron chi connectivity index (χ0n) is 16.9. The lowest BCUT2D eigenvalue weighted by atomic mass is 10.1. The molecule has 2 aromatic heterocycles. The van der Waals surface area contributed by atoms with Crippen molar-refractivity contribution in [3.05, 3.63) is 53.6 Å². The summed E-state index contributed by atoms with van der Waals surface area (Å²) in [6.07, 6.45) is 2.66. The Bertz CT molecular complexity index is 982. The number of aryl methyl sites for hydroxylation is 1. The fourth-order valence-corrected chi connectivity index (χ4v) is 3.58. The van der Waals surface area contributed by atoms with Gasteiger partial charge in [0, 0.05) is 29.9 Å². The molecule has 1 unspecified atom stereocenters. The lowest BCUT2D eigenvalue weighted by Crippen LogP contribution is -2.39. The molecule has 0 saturated heterocycles. The summed E-state index contributed by atoms with van der Waals surface area (Å²) in [7, 11) is 0. The first kappa shape index (κ1) is 20.0. The third-order valence-corrected chi connectivity index (χ3v) is 5.07. The normalized spacial score (nSPS) is 12.3. The predicted molar refractivity (Wildman–Crippen MR) is 109 cm³/mol. The molecular weight excluding hydrogens is 355 g/mol. The first-order valence-corrected chi connectivity index (χ1v) is 9.95. The van der Waals surface area contributed by atoms with Gasteiger partial charge in [-0.05, 0) is 44.9 Å². The van der Waals surface area contributed by atoms with E-state index in [9.17, 15) is 9.18 Å². The molecule has 0 N–H and O–H groups in total. The van der Waals surface area contributed by atoms with E-state index in [0.717, 1.165) is 18.5 Å². The van der Waals surface area contributed by atoms with E-state index >= 15 is 0 Å². The maximum absolute atomic E-state index is 14.2. The lowest BCUT2D eigenvalue weighted by molar-refractivity contribution is 0.0689. The number of amides is 1. The van der Waals surface area contributed by atoms with Crippen LogP contribution in [0.4, 0.5) is 4.39 Å². The molecular formula is C22H27FN4O. The number of carbonyl (C=O) groups excluding carboxylic acids is 1. The van der Waals surface area contributed by atoms with Crippen LogP contribution in [0.3, 0.4) is 0 Å². The van der Waals surface area contributed by atoms with E-state index in [-0.39, 0.29) is 17.8 Å². The summed E-state index contributed by atoms with van der Waals surface area (Å²) in [6, 6.07) is 10.2. The molecule has 3 aromatic rings. The van der Waals surface area contributed by atoms with Gasteiger partial charge in [0.15, 0.2) is 5.65 Å². The van der Waals surface area contributed by atoms with Gasteiger partial charge in [0.25, 0.3) is 5.91 Å². The molecule has 0 fully saturated rings. The molecule has 0 saturated carbocycles. The van der Waals surface area contributed by atoms with Crippen molar-refractivity contribution in [1.82, 2.24) is 19.5 Å². The van der Waals surface area contributed by atoms with Crippen LogP contribution in [0.5, 0.6) is 0 Å². The lowest BCUT2D eigenvalue weighted by Gasteiger charge is -2.27. The van der Waals surface area contributed by atoms with Gasteiger partial charge in [-0.15, -0.1) is 0 Å². The topological polar surface area (TPSA) is 50.5 Å². The van der Waals surface area contributed by atoms with Crippen LogP contribution in [-0.4, -0.2) is 38.0 Å². The summed E-state index contributed by atoms with van der Waals surface area (Å²) in [6.45, 7) is 8.81. The van der Waals surface area contributed by atoms with Gasteiger partial charge in [-0.25, -0.2) is 13.9 Å². The van der Waals surface area contributed by atoms with Gasteiger partial charge in [0.2, 0.25) is 0 Å². The minimum absolute atomic E-state index is 0.0747. The van der Waals surface area contributed by atoms with Crippen LogP contribution in [0.15, 0.2) is 36.4 Å². The number of carbonyl (C=O) groups is 1. The van der Waals surface area contributed by atoms with E-state index in [1.165, 1.54) is 6.07 Å². The highest BCUT2D eigenvalue weighted by Gasteiger charge is 2.22. The molecule has 0 bridgehead atoms. The van der Waals surface area contributed by atoms with Crippen LogP contribution in [0, 0.1) is 5.82 Å². The summed E-state index contributed by atoms with van der Waals surface area (Å²) < 4.78 is 15.9. The predicted octanol–water partition coefficient (Wildman–Crippen LogP) is 4.75. The zero-order valence-corrected chi connectivity index (χ0v) is 16.9. The van der Waals surface area contributed by atoms with E-state index in [1.54, 1.807) is 34.8 Å². The number of aromatic nitrogens is 3. The van der Waals surface area contributed by atoms with Crippen LogP contribution >= 0.6 is 0 Å². The van der Waals surface area contributed by atoms with E-state index in [4.69, 9.17) is 0 Å². The van der Waals surface area contributed by atoms with E-state index in [2.05, 4.69) is 23.9 Å². The molecule has 1 atom stereocenters. The quantitative estimate of drug-likeness (QED) is 0.593. The molecule has 1 amide bonds. The van der Waals surface area contributed by atoms with E-state index in [0.29, 0.717) is 35.6 Å². The minimum atomic E-state index is -0.328. The third-order valence-electron chi connectivity index (χ3n) is 5.07. The Balaban J connectivity index is 2.06. The number of rotatable bonds is 7. The average Bonchev–Trinajstić information content (AvgIpc) is 3.12. The Labute approximate surface area is 165 Å². The summed E-state index contributed by atoms with van der Waals surface area (Å²) in [5.74, 6) is -0.403. The van der Waals surface area contributed by atoms with Gasteiger partial charge in [0.1, 0.15) is 11.5 Å². The molecule has 0 aliphatic carbocycles. The van der Waals surface area contributed by atoms with Crippen molar-refractivity contribution < 1.29 is 9.18 Å². The van der Waals surface area contributed by atoms with Crippen LogP contribution < -0.4 is 0 Å². The second kappa shape index (κ2) is 8.50. The van der Waals surface area contributed by atoms with Crippen LogP contribution in [0.25, 0.3) is 16.9 Å². The van der Waals surface area contributed by atoms with Gasteiger partial charge in [-0.3, -0.25) is 4.79 Å². The SMILES string of the molecule is CCCC(C)N(CC)C(=O)c1cc(CC)n2nc(-c3ccccc3F)cc2n1. The number of halogens is 1. The highest BCUT2D eigenvalue weighted by molar-refractivity contribution is 5.93. The molecule has 0 radical (unpaired) electrons. The fraction of sp³-hybridized carbons (Fsp3) is 0.409. The average molecular weight is 382 g/mol. The maximum Gasteiger partial charge on any atom is 0.272 e. The van der Waals surface area contributed by atoms with Gasteiger partial charge >= 0.3 is 0 Å². The second-order valence-corrected chi connectivity index (χ2v) is 6.99. The van der Waals surface area contributed by atoms with E-state index in [1.807, 2.05) is 18.7 Å². The van der Waals surface area contributed by atoms with Crippen LogP contribution in [-0.2, 0) is 6.42 Å². The number of fused-ring (bicyclic) bond motifs is 1. The first-order chi connectivity index (χ1) is 13.5. The zero-order chi connectivity index (χ0) is 20.3. The number of benzene rings is 1. The Morgan fingerprint density at radius 2 is 1.96 bits per heavy atom. The summed E-state index contributed by atoms with van der Waals surface area (Å²) in [5, 5.41) is 4.53. The molecule has 0 spiro atoms. The Morgan fingerprint density at radius 3 is 2.61 bits per heavy atom. The van der Waals surface area contributed by atoms with Crippen molar-refractivity contribution in [3.8, 4) is 11.3 Å². The van der Waals surface area contributed by atoms with Crippen LogP contribution in [0.1, 0.15) is 56.7 Å². The number of hydrogen-bond acceptors (Lipinski definition) is 3. The molecule has 28 heavy (non-hydrogen) atoms. The van der Waals surface area contributed by atoms with Crippen molar-refractivity contribution in [3.63, 3.8) is 0 Å². The summed E-state index contributed by atoms with van der Waals surface area (Å²) >= 11 is 0. The minimum Gasteiger partial charge on any atom is -0.335 e. The van der Waals surface area contributed by atoms with Gasteiger partial charge in [-0.1, -0.05) is 32.4 Å². The van der Waals surface area contributed by atoms with Gasteiger partial charge < -0.3 is 4.90 Å². The maximum atomic E-state index is 14.2. The smallest absolute Gasteiger partial charge is 0.272 e. The van der Waals surface area contributed by atoms with Gasteiger partial charge in [-0.2, -0.15) is 5.10 Å². The summed E-state index contributed by atoms with van der Waals surface area (Å²) in [5.41, 5.74) is 2.77. The Morgan fingerprint density at radius 1 is 1.21 bits per heavy atom. The largest absolute Gasteiger partial charge is 0.335 e. The first-order valence-electron chi connectivity index (χ1n) is 9.95.